The van der Waals surface area contributed by atoms with Gasteiger partial charge in [-0.2, -0.15) is 0 Å². The zero-order chi connectivity index (χ0) is 15.0. The Bertz CT molecular complexity index is 632. The summed E-state index contributed by atoms with van der Waals surface area (Å²) in [6.45, 7) is 0.782. The summed E-state index contributed by atoms with van der Waals surface area (Å²) in [6.07, 6.45) is 5.83. The van der Waals surface area contributed by atoms with E-state index in [-0.39, 0.29) is 18.4 Å². The van der Waals surface area contributed by atoms with Crippen LogP contribution in [0.3, 0.4) is 0 Å². The van der Waals surface area contributed by atoms with Crippen LogP contribution in [0.4, 0.5) is 5.13 Å². The largest absolute Gasteiger partial charge is 0.302 e. The van der Waals surface area contributed by atoms with Crippen LogP contribution < -0.4 is 5.32 Å². The molecule has 6 nitrogen and oxygen atoms in total. The van der Waals surface area contributed by atoms with E-state index in [1.54, 1.807) is 11.3 Å². The predicted molar refractivity (Wildman–Crippen MR) is 81.9 cm³/mol. The van der Waals surface area contributed by atoms with Gasteiger partial charge < -0.3 is 5.32 Å². The lowest BCUT2D eigenvalue weighted by Gasteiger charge is -2.29. The van der Waals surface area contributed by atoms with Crippen molar-refractivity contribution in [3.05, 3.63) is 10.6 Å². The first-order valence-electron chi connectivity index (χ1n) is 7.18. The zero-order valence-corrected chi connectivity index (χ0v) is 13.6. The number of aryl methyl sites for hydroxylation is 2. The Hall–Kier alpha value is -0.990. The molecule has 8 heteroatoms. The molecule has 0 bridgehead atoms. The van der Waals surface area contributed by atoms with Gasteiger partial charge in [0.2, 0.25) is 15.9 Å². The van der Waals surface area contributed by atoms with E-state index in [2.05, 4.69) is 10.3 Å². The van der Waals surface area contributed by atoms with Crippen molar-refractivity contribution in [1.29, 1.82) is 0 Å². The van der Waals surface area contributed by atoms with Crippen LogP contribution in [0.2, 0.25) is 0 Å². The molecule has 1 N–H and O–H groups in total. The van der Waals surface area contributed by atoms with Crippen LogP contribution in [0, 0.1) is 5.92 Å². The minimum atomic E-state index is -3.22. The number of nitrogens with zero attached hydrogens (tertiary/aromatic N) is 2. The second-order valence-electron chi connectivity index (χ2n) is 5.69. The molecule has 1 aliphatic carbocycles. The minimum absolute atomic E-state index is 0.115. The number of amides is 1. The molecule has 1 aromatic heterocycles. The highest BCUT2D eigenvalue weighted by Gasteiger charge is 2.30. The Labute approximate surface area is 128 Å². The van der Waals surface area contributed by atoms with Crippen LogP contribution >= 0.6 is 11.3 Å². The van der Waals surface area contributed by atoms with E-state index < -0.39 is 10.0 Å². The number of thiazole rings is 1. The summed E-state index contributed by atoms with van der Waals surface area (Å²) in [4.78, 5) is 18.0. The molecule has 0 saturated carbocycles. The maximum absolute atomic E-state index is 12.3. The number of hydrogen-bond acceptors (Lipinski definition) is 5. The number of carbonyl (C=O) groups excluding carboxylic acids is 1. The van der Waals surface area contributed by atoms with Crippen molar-refractivity contribution in [1.82, 2.24) is 9.29 Å². The number of fused-ring (bicyclic) bond motifs is 1. The van der Waals surface area contributed by atoms with E-state index in [0.29, 0.717) is 11.7 Å². The summed E-state index contributed by atoms with van der Waals surface area (Å²) in [5, 5.41) is 3.51. The van der Waals surface area contributed by atoms with E-state index in [4.69, 9.17) is 0 Å². The maximum atomic E-state index is 12.3. The molecule has 2 aliphatic rings. The number of rotatable bonds is 3. The van der Waals surface area contributed by atoms with Gasteiger partial charge in [0.1, 0.15) is 0 Å². The minimum Gasteiger partial charge on any atom is -0.302 e. The van der Waals surface area contributed by atoms with Crippen molar-refractivity contribution >= 4 is 32.4 Å². The Morgan fingerprint density at radius 3 is 2.90 bits per heavy atom. The first-order chi connectivity index (χ1) is 9.93. The molecule has 21 heavy (non-hydrogen) atoms. The van der Waals surface area contributed by atoms with Crippen molar-refractivity contribution in [2.75, 3.05) is 24.7 Å². The molecule has 2 heterocycles. The van der Waals surface area contributed by atoms with Crippen molar-refractivity contribution in [2.45, 2.75) is 32.1 Å². The molecule has 1 aliphatic heterocycles. The van der Waals surface area contributed by atoms with Crippen LogP contribution in [-0.2, 0) is 27.7 Å². The van der Waals surface area contributed by atoms with E-state index >= 15 is 0 Å². The summed E-state index contributed by atoms with van der Waals surface area (Å²) >= 11 is 1.55. The Balaban J connectivity index is 1.64. The lowest BCUT2D eigenvalue weighted by atomic mass is 9.99. The van der Waals surface area contributed by atoms with Gasteiger partial charge in [-0.25, -0.2) is 17.7 Å². The highest BCUT2D eigenvalue weighted by Crippen LogP contribution is 2.31. The summed E-state index contributed by atoms with van der Waals surface area (Å²) in [6, 6.07) is 0. The smallest absolute Gasteiger partial charge is 0.230 e. The number of nitrogens with one attached hydrogen (secondary N) is 1. The molecule has 3 rings (SSSR count). The summed E-state index contributed by atoms with van der Waals surface area (Å²) < 4.78 is 24.6. The van der Waals surface area contributed by atoms with E-state index in [1.165, 1.54) is 15.4 Å². The second-order valence-corrected chi connectivity index (χ2v) is 8.76. The highest BCUT2D eigenvalue weighted by molar-refractivity contribution is 7.88. The van der Waals surface area contributed by atoms with Crippen molar-refractivity contribution in [3.8, 4) is 0 Å². The number of piperidine rings is 1. The number of hydrogen-bond donors (Lipinski definition) is 1. The van der Waals surface area contributed by atoms with Crippen LogP contribution in [0.15, 0.2) is 0 Å². The number of carbonyl (C=O) groups is 1. The van der Waals surface area contributed by atoms with Crippen LogP contribution in [0.25, 0.3) is 0 Å². The van der Waals surface area contributed by atoms with Crippen molar-refractivity contribution in [3.63, 3.8) is 0 Å². The molecule has 1 unspecified atom stereocenters. The molecule has 0 spiro atoms. The molecule has 1 atom stereocenters. The molecular formula is C13H19N3O3S2. The molecule has 0 aromatic carbocycles. The molecule has 1 saturated heterocycles. The first-order valence-corrected chi connectivity index (χ1v) is 9.84. The van der Waals surface area contributed by atoms with Crippen LogP contribution in [-0.4, -0.2) is 43.0 Å². The predicted octanol–water partition coefficient (Wildman–Crippen LogP) is 1.24. The second kappa shape index (κ2) is 5.66. The standard InChI is InChI=1S/C13H19N3O3S2/c1-21(18,19)16-7-3-4-9(8-16)12(17)15-13-14-10-5-2-6-11(10)20-13/h9H,2-8H2,1H3,(H,14,15,17). The monoisotopic (exact) mass is 329 g/mol. The van der Waals surface area contributed by atoms with Gasteiger partial charge in [-0.15, -0.1) is 11.3 Å². The fourth-order valence-electron chi connectivity index (χ4n) is 2.91. The normalized spacial score (nSPS) is 23.0. The Morgan fingerprint density at radius 1 is 1.38 bits per heavy atom. The number of aromatic nitrogens is 1. The molecule has 116 valence electrons. The fourth-order valence-corrected chi connectivity index (χ4v) is 4.87. The molecule has 1 aromatic rings. The van der Waals surface area contributed by atoms with Crippen molar-refractivity contribution < 1.29 is 13.2 Å². The molecular weight excluding hydrogens is 310 g/mol. The van der Waals surface area contributed by atoms with Gasteiger partial charge >= 0.3 is 0 Å². The van der Waals surface area contributed by atoms with E-state index in [0.717, 1.165) is 37.8 Å². The Kier molecular flexibility index (Phi) is 4.02. The molecule has 0 radical (unpaired) electrons. The third kappa shape index (κ3) is 3.27. The van der Waals surface area contributed by atoms with Gasteiger partial charge in [0.25, 0.3) is 0 Å². The maximum Gasteiger partial charge on any atom is 0.230 e. The fraction of sp³-hybridized carbons (Fsp3) is 0.692. The molecule has 1 amide bonds. The third-order valence-electron chi connectivity index (χ3n) is 4.05. The van der Waals surface area contributed by atoms with E-state index in [1.807, 2.05) is 0 Å². The summed E-state index contributed by atoms with van der Waals surface area (Å²) in [5.41, 5.74) is 1.11. The summed E-state index contributed by atoms with van der Waals surface area (Å²) in [5.74, 6) is -0.400. The van der Waals surface area contributed by atoms with Gasteiger partial charge in [0, 0.05) is 18.0 Å². The highest BCUT2D eigenvalue weighted by atomic mass is 32.2. The van der Waals surface area contributed by atoms with Gasteiger partial charge in [0.05, 0.1) is 17.9 Å². The van der Waals surface area contributed by atoms with Gasteiger partial charge in [-0.1, -0.05) is 0 Å². The van der Waals surface area contributed by atoms with Crippen LogP contribution in [0.1, 0.15) is 29.8 Å². The lowest BCUT2D eigenvalue weighted by molar-refractivity contribution is -0.120. The summed E-state index contributed by atoms with van der Waals surface area (Å²) in [7, 11) is -3.22. The van der Waals surface area contributed by atoms with E-state index in [9.17, 15) is 13.2 Å². The SMILES string of the molecule is CS(=O)(=O)N1CCCC(C(=O)Nc2nc3c(s2)CCC3)C1. The van der Waals surface area contributed by atoms with Gasteiger partial charge in [-0.05, 0) is 32.1 Å². The zero-order valence-electron chi connectivity index (χ0n) is 12.0. The average molecular weight is 329 g/mol. The average Bonchev–Trinajstić information content (AvgIpc) is 2.98. The number of sulfonamides is 1. The first kappa shape index (κ1) is 14.9. The molecule has 1 fully saturated rings. The topological polar surface area (TPSA) is 79.4 Å². The van der Waals surface area contributed by atoms with Crippen molar-refractivity contribution in [2.24, 2.45) is 5.92 Å². The van der Waals surface area contributed by atoms with Gasteiger partial charge in [0.15, 0.2) is 5.13 Å². The quantitative estimate of drug-likeness (QED) is 0.905. The van der Waals surface area contributed by atoms with Gasteiger partial charge in [-0.3, -0.25) is 4.79 Å². The third-order valence-corrected chi connectivity index (χ3v) is 6.39. The number of anilines is 1. The Morgan fingerprint density at radius 2 is 2.19 bits per heavy atom. The lowest BCUT2D eigenvalue weighted by Crippen LogP contribution is -2.43. The van der Waals surface area contributed by atoms with Crippen LogP contribution in [0.5, 0.6) is 0 Å².